The molecule has 1 amide bonds. The van der Waals surface area contributed by atoms with Gasteiger partial charge < -0.3 is 10.1 Å². The first kappa shape index (κ1) is 20.5. The normalized spacial score (nSPS) is 10.9. The molecule has 1 aromatic carbocycles. The van der Waals surface area contributed by atoms with E-state index in [0.717, 1.165) is 45.8 Å². The lowest BCUT2D eigenvalue weighted by Crippen LogP contribution is -2.25. The van der Waals surface area contributed by atoms with Gasteiger partial charge >= 0.3 is 0 Å². The molecule has 0 atom stereocenters. The first-order chi connectivity index (χ1) is 15.0. The van der Waals surface area contributed by atoms with Crippen molar-refractivity contribution < 1.29 is 9.53 Å². The number of ether oxygens (including phenoxy) is 1. The van der Waals surface area contributed by atoms with E-state index in [4.69, 9.17) is 9.72 Å². The first-order valence-corrected chi connectivity index (χ1v) is 10.3. The summed E-state index contributed by atoms with van der Waals surface area (Å²) in [5.74, 6) is 0.618. The number of aromatic amines is 1. The van der Waals surface area contributed by atoms with Gasteiger partial charge in [0.25, 0.3) is 5.91 Å². The largest absolute Gasteiger partial charge is 0.493 e. The summed E-state index contributed by atoms with van der Waals surface area (Å²) in [6, 6.07) is 11.4. The molecule has 3 aromatic heterocycles. The van der Waals surface area contributed by atoms with Crippen LogP contribution in [-0.4, -0.2) is 39.2 Å². The van der Waals surface area contributed by atoms with Crippen LogP contribution in [0, 0.1) is 13.8 Å². The molecule has 0 aliphatic heterocycles. The average molecular weight is 415 g/mol. The Morgan fingerprint density at radius 3 is 2.77 bits per heavy atom. The van der Waals surface area contributed by atoms with E-state index in [2.05, 4.69) is 20.5 Å². The Hall–Kier alpha value is -3.74. The van der Waals surface area contributed by atoms with Gasteiger partial charge in [-0.25, -0.2) is 4.98 Å². The number of carbonyl (C=O) groups excluding carboxylic acids is 1. The third-order valence-corrected chi connectivity index (χ3v) is 5.14. The number of fused-ring (bicyclic) bond motifs is 1. The van der Waals surface area contributed by atoms with Crippen LogP contribution < -0.4 is 10.1 Å². The van der Waals surface area contributed by atoms with Gasteiger partial charge in [0.05, 0.1) is 23.5 Å². The number of H-pyrrole nitrogens is 1. The number of pyridine rings is 2. The minimum Gasteiger partial charge on any atom is -0.493 e. The molecule has 4 aromatic rings. The second-order valence-corrected chi connectivity index (χ2v) is 7.36. The maximum Gasteiger partial charge on any atom is 0.251 e. The quantitative estimate of drug-likeness (QED) is 0.476. The summed E-state index contributed by atoms with van der Waals surface area (Å²) in [5.41, 5.74) is 5.99. The topological polar surface area (TPSA) is 92.8 Å². The molecule has 0 radical (unpaired) electrons. The van der Waals surface area contributed by atoms with Gasteiger partial charge in [-0.2, -0.15) is 5.10 Å². The second-order valence-electron chi connectivity index (χ2n) is 7.36. The van der Waals surface area contributed by atoms with Crippen molar-refractivity contribution in [2.45, 2.75) is 27.2 Å². The Bertz CT molecular complexity index is 1230. The number of hydrogen-bond donors (Lipinski definition) is 2. The smallest absolute Gasteiger partial charge is 0.251 e. The predicted molar refractivity (Wildman–Crippen MR) is 120 cm³/mol. The van der Waals surface area contributed by atoms with Crippen molar-refractivity contribution in [2.24, 2.45) is 0 Å². The van der Waals surface area contributed by atoms with Gasteiger partial charge in [-0.15, -0.1) is 0 Å². The minimum atomic E-state index is -0.132. The maximum absolute atomic E-state index is 12.7. The van der Waals surface area contributed by atoms with Crippen molar-refractivity contribution in [3.63, 3.8) is 0 Å². The fourth-order valence-electron chi connectivity index (χ4n) is 3.51. The number of aromatic nitrogens is 4. The third-order valence-electron chi connectivity index (χ3n) is 5.14. The van der Waals surface area contributed by atoms with Crippen molar-refractivity contribution in [3.05, 3.63) is 71.3 Å². The minimum absolute atomic E-state index is 0.132. The fourth-order valence-corrected chi connectivity index (χ4v) is 3.51. The van der Waals surface area contributed by atoms with Gasteiger partial charge in [0.2, 0.25) is 0 Å². The van der Waals surface area contributed by atoms with Gasteiger partial charge in [-0.1, -0.05) is 0 Å². The summed E-state index contributed by atoms with van der Waals surface area (Å²) in [6.07, 6.45) is 4.35. The van der Waals surface area contributed by atoms with Crippen LogP contribution in [0.2, 0.25) is 0 Å². The highest BCUT2D eigenvalue weighted by molar-refractivity contribution is 5.99. The zero-order valence-corrected chi connectivity index (χ0v) is 17.9. The molecule has 0 saturated carbocycles. The maximum atomic E-state index is 12.7. The molecule has 4 rings (SSSR count). The molecule has 3 heterocycles. The number of carbonyl (C=O) groups is 1. The lowest BCUT2D eigenvalue weighted by Gasteiger charge is -2.12. The van der Waals surface area contributed by atoms with Gasteiger partial charge in [-0.05, 0) is 63.1 Å². The van der Waals surface area contributed by atoms with Crippen molar-refractivity contribution in [1.82, 2.24) is 25.5 Å². The Morgan fingerprint density at radius 1 is 1.16 bits per heavy atom. The zero-order chi connectivity index (χ0) is 21.8. The molecule has 7 nitrogen and oxygen atoms in total. The number of nitrogens with one attached hydrogen (secondary N) is 2. The number of nitrogens with zero attached hydrogens (tertiary/aromatic N) is 3. The van der Waals surface area contributed by atoms with E-state index < -0.39 is 0 Å². The summed E-state index contributed by atoms with van der Waals surface area (Å²) in [6.45, 7) is 6.92. The zero-order valence-electron chi connectivity index (χ0n) is 17.9. The van der Waals surface area contributed by atoms with Crippen LogP contribution in [0.5, 0.6) is 5.75 Å². The van der Waals surface area contributed by atoms with E-state index in [0.29, 0.717) is 24.2 Å². The van der Waals surface area contributed by atoms with Crippen molar-refractivity contribution in [3.8, 4) is 17.0 Å². The SMILES string of the molecule is CCOc1cc(-c2ccnc(C)c2)nc2cc(C(=O)NCCc3c[nH]nc3C)ccc12. The fraction of sp³-hybridized carbons (Fsp3) is 0.250. The monoisotopic (exact) mass is 415 g/mol. The van der Waals surface area contributed by atoms with E-state index in [1.807, 2.05) is 57.3 Å². The lowest BCUT2D eigenvalue weighted by molar-refractivity contribution is 0.0954. The van der Waals surface area contributed by atoms with Gasteiger partial charge in [0.1, 0.15) is 5.75 Å². The number of aryl methyl sites for hydroxylation is 2. The standard InChI is InChI=1S/C24H25N5O2/c1-4-31-23-13-21(17-7-9-25-15(2)11-17)28-22-12-18(5-6-20(22)23)24(30)26-10-8-19-14-27-29-16(19)3/h5-7,9,11-14H,4,8,10H2,1-3H3,(H,26,30)(H,27,29). The Kier molecular flexibility index (Phi) is 5.93. The molecule has 7 heteroatoms. The molecule has 0 unspecified atom stereocenters. The summed E-state index contributed by atoms with van der Waals surface area (Å²) in [7, 11) is 0. The lowest BCUT2D eigenvalue weighted by atomic mass is 10.1. The van der Waals surface area contributed by atoms with Gasteiger partial charge in [0.15, 0.2) is 0 Å². The molecule has 0 aliphatic rings. The van der Waals surface area contributed by atoms with E-state index in [1.165, 1.54) is 0 Å². The van der Waals surface area contributed by atoms with E-state index >= 15 is 0 Å². The number of hydrogen-bond acceptors (Lipinski definition) is 5. The molecular formula is C24H25N5O2. The molecule has 0 bridgehead atoms. The van der Waals surface area contributed by atoms with Crippen LogP contribution in [0.25, 0.3) is 22.2 Å². The molecule has 31 heavy (non-hydrogen) atoms. The van der Waals surface area contributed by atoms with E-state index in [-0.39, 0.29) is 5.91 Å². The highest BCUT2D eigenvalue weighted by Crippen LogP contribution is 2.31. The molecular weight excluding hydrogens is 390 g/mol. The number of rotatable bonds is 7. The predicted octanol–water partition coefficient (Wildman–Crippen LogP) is 4.01. The van der Waals surface area contributed by atoms with Crippen LogP contribution in [0.3, 0.4) is 0 Å². The summed E-state index contributed by atoms with van der Waals surface area (Å²) in [5, 5.41) is 10.8. The molecule has 0 spiro atoms. The van der Waals surface area contributed by atoms with Crippen molar-refractivity contribution in [1.29, 1.82) is 0 Å². The van der Waals surface area contributed by atoms with Crippen LogP contribution in [0.15, 0.2) is 48.8 Å². The average Bonchev–Trinajstić information content (AvgIpc) is 3.18. The highest BCUT2D eigenvalue weighted by Gasteiger charge is 2.13. The Balaban J connectivity index is 1.62. The highest BCUT2D eigenvalue weighted by atomic mass is 16.5. The second kappa shape index (κ2) is 8.95. The Morgan fingerprint density at radius 2 is 2.03 bits per heavy atom. The molecule has 0 saturated heterocycles. The summed E-state index contributed by atoms with van der Waals surface area (Å²) in [4.78, 5) is 21.8. The summed E-state index contributed by atoms with van der Waals surface area (Å²) < 4.78 is 5.86. The van der Waals surface area contributed by atoms with Gasteiger partial charge in [0, 0.05) is 47.2 Å². The molecule has 0 aliphatic carbocycles. The number of benzene rings is 1. The molecule has 2 N–H and O–H groups in total. The summed E-state index contributed by atoms with van der Waals surface area (Å²) >= 11 is 0. The van der Waals surface area contributed by atoms with E-state index in [1.54, 1.807) is 12.3 Å². The number of amides is 1. The Labute approximate surface area is 180 Å². The molecule has 158 valence electrons. The van der Waals surface area contributed by atoms with Gasteiger partial charge in [-0.3, -0.25) is 14.9 Å². The van der Waals surface area contributed by atoms with Crippen molar-refractivity contribution >= 4 is 16.8 Å². The van der Waals surface area contributed by atoms with Crippen LogP contribution in [0.1, 0.15) is 34.2 Å². The van der Waals surface area contributed by atoms with Crippen LogP contribution >= 0.6 is 0 Å². The van der Waals surface area contributed by atoms with E-state index in [9.17, 15) is 4.79 Å². The molecule has 0 fully saturated rings. The van der Waals surface area contributed by atoms with Crippen LogP contribution in [-0.2, 0) is 6.42 Å². The van der Waals surface area contributed by atoms with Crippen molar-refractivity contribution in [2.75, 3.05) is 13.2 Å². The third kappa shape index (κ3) is 4.55. The first-order valence-electron chi connectivity index (χ1n) is 10.3. The van der Waals surface area contributed by atoms with Crippen LogP contribution in [0.4, 0.5) is 0 Å².